The molecule has 2 N–H and O–H groups in total. The highest BCUT2D eigenvalue weighted by Gasteiger charge is 2.17. The van der Waals surface area contributed by atoms with E-state index >= 15 is 0 Å². The molecule has 26 heavy (non-hydrogen) atoms. The van der Waals surface area contributed by atoms with E-state index in [1.54, 1.807) is 6.07 Å². The van der Waals surface area contributed by atoms with E-state index in [-0.39, 0.29) is 11.9 Å². The molecule has 5 nitrogen and oxygen atoms in total. The zero-order valence-corrected chi connectivity index (χ0v) is 15.7. The standard InChI is InChI=1S/C21H28N4O/c1-15-8-7-9-17(12-15)14-22-20-13-19(23-16(2)24-20)21(26)25-18-10-5-3-4-6-11-18/h7-9,12-13,18H,3-6,10-11,14H2,1-2H3,(H,25,26)(H,22,23,24). The largest absolute Gasteiger partial charge is 0.366 e. The number of aryl methyl sites for hydroxylation is 2. The van der Waals surface area contributed by atoms with Gasteiger partial charge >= 0.3 is 0 Å². The van der Waals surface area contributed by atoms with Crippen molar-refractivity contribution < 1.29 is 4.79 Å². The fourth-order valence-corrected chi connectivity index (χ4v) is 3.47. The molecule has 1 amide bonds. The quantitative estimate of drug-likeness (QED) is 0.793. The topological polar surface area (TPSA) is 66.9 Å². The maximum absolute atomic E-state index is 12.6. The Labute approximate surface area is 155 Å². The van der Waals surface area contributed by atoms with E-state index < -0.39 is 0 Å². The molecule has 0 saturated heterocycles. The van der Waals surface area contributed by atoms with Crippen LogP contribution in [0, 0.1) is 13.8 Å². The fraction of sp³-hybridized carbons (Fsp3) is 0.476. The summed E-state index contributed by atoms with van der Waals surface area (Å²) in [6.45, 7) is 4.57. The molecule has 1 aromatic heterocycles. The second-order valence-corrected chi connectivity index (χ2v) is 7.19. The number of rotatable bonds is 5. The van der Waals surface area contributed by atoms with Crippen molar-refractivity contribution in [3.05, 3.63) is 53.0 Å². The molecular weight excluding hydrogens is 324 g/mol. The molecule has 0 aliphatic heterocycles. The van der Waals surface area contributed by atoms with Gasteiger partial charge in [-0.1, -0.05) is 55.5 Å². The molecular formula is C21H28N4O. The third-order valence-corrected chi connectivity index (χ3v) is 4.82. The molecule has 2 aromatic rings. The zero-order valence-electron chi connectivity index (χ0n) is 15.7. The summed E-state index contributed by atoms with van der Waals surface area (Å²) in [6.07, 6.45) is 7.05. The van der Waals surface area contributed by atoms with Crippen LogP contribution in [0.15, 0.2) is 30.3 Å². The minimum Gasteiger partial charge on any atom is -0.366 e. The smallest absolute Gasteiger partial charge is 0.270 e. The van der Waals surface area contributed by atoms with Gasteiger partial charge in [0.2, 0.25) is 0 Å². The van der Waals surface area contributed by atoms with Crippen LogP contribution in [0.5, 0.6) is 0 Å². The molecule has 1 fully saturated rings. The molecule has 3 rings (SSSR count). The lowest BCUT2D eigenvalue weighted by molar-refractivity contribution is 0.0928. The number of amides is 1. The van der Waals surface area contributed by atoms with Crippen molar-refractivity contribution >= 4 is 11.7 Å². The normalized spacial score (nSPS) is 15.3. The summed E-state index contributed by atoms with van der Waals surface area (Å²) in [6, 6.07) is 10.4. The Morgan fingerprint density at radius 2 is 1.85 bits per heavy atom. The van der Waals surface area contributed by atoms with Crippen LogP contribution >= 0.6 is 0 Å². The number of aromatic nitrogens is 2. The summed E-state index contributed by atoms with van der Waals surface area (Å²) in [5.41, 5.74) is 2.85. The number of carbonyl (C=O) groups is 1. The van der Waals surface area contributed by atoms with E-state index in [0.29, 0.717) is 23.9 Å². The van der Waals surface area contributed by atoms with Crippen molar-refractivity contribution in [3.63, 3.8) is 0 Å². The fourth-order valence-electron chi connectivity index (χ4n) is 3.47. The summed E-state index contributed by atoms with van der Waals surface area (Å²) in [5.74, 6) is 1.19. The summed E-state index contributed by atoms with van der Waals surface area (Å²) in [7, 11) is 0. The average molecular weight is 352 g/mol. The van der Waals surface area contributed by atoms with E-state index in [1.165, 1.54) is 36.8 Å². The molecule has 0 atom stereocenters. The van der Waals surface area contributed by atoms with Gasteiger partial charge in [0.1, 0.15) is 17.3 Å². The highest BCUT2D eigenvalue weighted by molar-refractivity contribution is 5.93. The van der Waals surface area contributed by atoms with Gasteiger partial charge in [-0.05, 0) is 32.3 Å². The maximum atomic E-state index is 12.6. The molecule has 1 aromatic carbocycles. The number of anilines is 1. The van der Waals surface area contributed by atoms with Gasteiger partial charge in [0.25, 0.3) is 5.91 Å². The SMILES string of the molecule is Cc1cccc(CNc2cc(C(=O)NC3CCCCCC3)nc(C)n2)c1. The van der Waals surface area contributed by atoms with E-state index in [4.69, 9.17) is 0 Å². The number of carbonyl (C=O) groups excluding carboxylic acids is 1. The van der Waals surface area contributed by atoms with Crippen molar-refractivity contribution in [2.75, 3.05) is 5.32 Å². The van der Waals surface area contributed by atoms with E-state index in [9.17, 15) is 4.79 Å². The van der Waals surface area contributed by atoms with Crippen LogP contribution in [0.2, 0.25) is 0 Å². The average Bonchev–Trinajstić information content (AvgIpc) is 2.88. The number of hydrogen-bond donors (Lipinski definition) is 2. The lowest BCUT2D eigenvalue weighted by Gasteiger charge is -2.16. The molecule has 1 aliphatic carbocycles. The third-order valence-electron chi connectivity index (χ3n) is 4.82. The van der Waals surface area contributed by atoms with Crippen molar-refractivity contribution in [1.29, 1.82) is 0 Å². The van der Waals surface area contributed by atoms with Gasteiger partial charge in [-0.2, -0.15) is 0 Å². The molecule has 0 bridgehead atoms. The van der Waals surface area contributed by atoms with Crippen LogP contribution in [-0.4, -0.2) is 21.9 Å². The minimum absolute atomic E-state index is 0.0963. The summed E-state index contributed by atoms with van der Waals surface area (Å²) in [5, 5.41) is 6.46. The second kappa shape index (κ2) is 8.79. The molecule has 1 aliphatic rings. The number of nitrogens with one attached hydrogen (secondary N) is 2. The van der Waals surface area contributed by atoms with Crippen molar-refractivity contribution in [1.82, 2.24) is 15.3 Å². The van der Waals surface area contributed by atoms with Gasteiger partial charge in [-0.3, -0.25) is 4.79 Å². The first-order valence-corrected chi connectivity index (χ1v) is 9.56. The predicted octanol–water partition coefficient (Wildman–Crippen LogP) is 4.16. The molecule has 138 valence electrons. The van der Waals surface area contributed by atoms with Crippen LogP contribution in [0.4, 0.5) is 5.82 Å². The molecule has 1 heterocycles. The van der Waals surface area contributed by atoms with E-state index in [0.717, 1.165) is 12.8 Å². The lowest BCUT2D eigenvalue weighted by Crippen LogP contribution is -2.35. The summed E-state index contributed by atoms with van der Waals surface area (Å²) >= 11 is 0. The van der Waals surface area contributed by atoms with Gasteiger partial charge in [-0.15, -0.1) is 0 Å². The van der Waals surface area contributed by atoms with Crippen molar-refractivity contribution in [2.24, 2.45) is 0 Å². The first kappa shape index (κ1) is 18.4. The van der Waals surface area contributed by atoms with Crippen molar-refractivity contribution in [2.45, 2.75) is 65.0 Å². The van der Waals surface area contributed by atoms with Crippen LogP contribution < -0.4 is 10.6 Å². The first-order valence-electron chi connectivity index (χ1n) is 9.56. The van der Waals surface area contributed by atoms with Crippen molar-refractivity contribution in [3.8, 4) is 0 Å². The summed E-state index contributed by atoms with van der Waals surface area (Å²) < 4.78 is 0. The Morgan fingerprint density at radius 3 is 2.58 bits per heavy atom. The van der Waals surface area contributed by atoms with Crippen LogP contribution in [0.1, 0.15) is 66.0 Å². The molecule has 5 heteroatoms. The highest BCUT2D eigenvalue weighted by Crippen LogP contribution is 2.18. The third kappa shape index (κ3) is 5.28. The Balaban J connectivity index is 1.65. The maximum Gasteiger partial charge on any atom is 0.270 e. The van der Waals surface area contributed by atoms with Gasteiger partial charge in [-0.25, -0.2) is 9.97 Å². The van der Waals surface area contributed by atoms with Crippen LogP contribution in [-0.2, 0) is 6.54 Å². The lowest BCUT2D eigenvalue weighted by atomic mass is 10.1. The Morgan fingerprint density at radius 1 is 1.08 bits per heavy atom. The van der Waals surface area contributed by atoms with E-state index in [1.807, 2.05) is 13.0 Å². The van der Waals surface area contributed by atoms with Gasteiger partial charge < -0.3 is 10.6 Å². The number of hydrogen-bond acceptors (Lipinski definition) is 4. The Kier molecular flexibility index (Phi) is 6.21. The van der Waals surface area contributed by atoms with Gasteiger partial charge in [0.05, 0.1) is 0 Å². The highest BCUT2D eigenvalue weighted by atomic mass is 16.1. The monoisotopic (exact) mass is 352 g/mol. The molecule has 0 radical (unpaired) electrons. The minimum atomic E-state index is -0.0963. The molecule has 0 spiro atoms. The van der Waals surface area contributed by atoms with Gasteiger partial charge in [0.15, 0.2) is 0 Å². The predicted molar refractivity (Wildman–Crippen MR) is 104 cm³/mol. The zero-order chi connectivity index (χ0) is 18.4. The van der Waals surface area contributed by atoms with Crippen LogP contribution in [0.3, 0.4) is 0 Å². The number of benzene rings is 1. The van der Waals surface area contributed by atoms with E-state index in [2.05, 4.69) is 45.7 Å². The molecule has 1 saturated carbocycles. The second-order valence-electron chi connectivity index (χ2n) is 7.19. The van der Waals surface area contributed by atoms with Gasteiger partial charge in [0, 0.05) is 18.7 Å². The summed E-state index contributed by atoms with van der Waals surface area (Å²) in [4.78, 5) is 21.4. The van der Waals surface area contributed by atoms with Crippen LogP contribution in [0.25, 0.3) is 0 Å². The number of nitrogens with zero attached hydrogens (tertiary/aromatic N) is 2. The molecule has 0 unspecified atom stereocenters. The first-order chi connectivity index (χ1) is 12.6. The Hall–Kier alpha value is -2.43. The Bertz CT molecular complexity index is 751.